The fourth-order valence-corrected chi connectivity index (χ4v) is 2.61. The maximum Gasteiger partial charge on any atom is 0.142 e. The number of benzene rings is 2. The number of nitrogens with zero attached hydrogens (tertiary/aromatic N) is 1. The Labute approximate surface area is 136 Å². The first kappa shape index (κ1) is 15.2. The van der Waals surface area contributed by atoms with Crippen molar-refractivity contribution in [1.82, 2.24) is 9.97 Å². The molecule has 3 nitrogen and oxygen atoms in total. The first-order valence-electron chi connectivity index (χ1n) is 7.85. The van der Waals surface area contributed by atoms with Crippen LogP contribution in [0.4, 0.5) is 0 Å². The molecule has 0 aliphatic rings. The Morgan fingerprint density at radius 3 is 2.61 bits per heavy atom. The molecule has 0 saturated carbocycles. The number of aromatic amines is 1. The van der Waals surface area contributed by atoms with Crippen molar-refractivity contribution in [1.29, 1.82) is 0 Å². The van der Waals surface area contributed by atoms with Gasteiger partial charge in [0.15, 0.2) is 0 Å². The quantitative estimate of drug-likeness (QED) is 0.557. The van der Waals surface area contributed by atoms with Crippen molar-refractivity contribution in [3.63, 3.8) is 0 Å². The Hall–Kier alpha value is -2.68. The maximum atomic E-state index is 10.3. The average Bonchev–Trinajstić information content (AvgIpc) is 2.95. The van der Waals surface area contributed by atoms with Gasteiger partial charge in [0.2, 0.25) is 0 Å². The minimum absolute atomic E-state index is 0.512. The van der Waals surface area contributed by atoms with Gasteiger partial charge in [-0.2, -0.15) is 0 Å². The maximum absolute atomic E-state index is 10.3. The number of fused-ring (bicyclic) bond motifs is 1. The first-order valence-corrected chi connectivity index (χ1v) is 7.85. The van der Waals surface area contributed by atoms with Crippen molar-refractivity contribution in [3.05, 3.63) is 71.1 Å². The van der Waals surface area contributed by atoms with Crippen LogP contribution in [0.2, 0.25) is 0 Å². The van der Waals surface area contributed by atoms with Crippen molar-refractivity contribution in [2.24, 2.45) is 0 Å². The van der Waals surface area contributed by atoms with Gasteiger partial charge in [0.1, 0.15) is 12.1 Å². The molecule has 3 aromatic rings. The van der Waals surface area contributed by atoms with Crippen LogP contribution in [0.15, 0.2) is 48.5 Å². The standard InChI is InChI=1S/C20H20N2O/c1-14(2)17-9-10-18-19(13-17)22-20(21-18)12-16-7-5-15(6-8-16)4-3-11-23/h3-11,13-14H,12H2,1-2H3,(H,21,22)/b4-3+. The van der Waals surface area contributed by atoms with Crippen molar-refractivity contribution in [3.8, 4) is 0 Å². The highest BCUT2D eigenvalue weighted by atomic mass is 16.1. The average molecular weight is 304 g/mol. The number of imidazole rings is 1. The molecule has 1 N–H and O–H groups in total. The summed E-state index contributed by atoms with van der Waals surface area (Å²) in [7, 11) is 0. The van der Waals surface area contributed by atoms with Crippen LogP contribution in [0, 0.1) is 0 Å². The molecule has 0 atom stereocenters. The number of aldehydes is 1. The van der Waals surface area contributed by atoms with E-state index < -0.39 is 0 Å². The van der Waals surface area contributed by atoms with Gasteiger partial charge < -0.3 is 4.98 Å². The summed E-state index contributed by atoms with van der Waals surface area (Å²) >= 11 is 0. The number of H-pyrrole nitrogens is 1. The molecule has 0 bridgehead atoms. The van der Waals surface area contributed by atoms with Crippen LogP contribution in [0.5, 0.6) is 0 Å². The van der Waals surface area contributed by atoms with Gasteiger partial charge >= 0.3 is 0 Å². The summed E-state index contributed by atoms with van der Waals surface area (Å²) in [6, 6.07) is 14.6. The summed E-state index contributed by atoms with van der Waals surface area (Å²) in [4.78, 5) is 18.4. The minimum atomic E-state index is 0.512. The normalized spacial score (nSPS) is 11.6. The third kappa shape index (κ3) is 3.57. The Morgan fingerprint density at radius 1 is 1.13 bits per heavy atom. The van der Waals surface area contributed by atoms with Crippen molar-refractivity contribution < 1.29 is 4.79 Å². The van der Waals surface area contributed by atoms with E-state index in [1.165, 1.54) is 17.2 Å². The molecule has 0 unspecified atom stereocenters. The fourth-order valence-electron chi connectivity index (χ4n) is 2.61. The second-order valence-electron chi connectivity index (χ2n) is 6.03. The molecule has 3 rings (SSSR count). The van der Waals surface area contributed by atoms with Gasteiger partial charge in [0.05, 0.1) is 11.0 Å². The Morgan fingerprint density at radius 2 is 1.91 bits per heavy atom. The fraction of sp³-hybridized carbons (Fsp3) is 0.200. The van der Waals surface area contributed by atoms with E-state index >= 15 is 0 Å². The number of rotatable bonds is 5. The van der Waals surface area contributed by atoms with Crippen LogP contribution in [-0.4, -0.2) is 16.3 Å². The van der Waals surface area contributed by atoms with E-state index in [0.717, 1.165) is 35.1 Å². The van der Waals surface area contributed by atoms with Gasteiger partial charge in [-0.1, -0.05) is 50.3 Å². The highest BCUT2D eigenvalue weighted by Crippen LogP contribution is 2.21. The number of hydrogen-bond acceptors (Lipinski definition) is 2. The molecule has 0 aliphatic heterocycles. The number of allylic oxidation sites excluding steroid dienone is 1. The van der Waals surface area contributed by atoms with Crippen molar-refractivity contribution in [2.45, 2.75) is 26.2 Å². The van der Waals surface area contributed by atoms with Gasteiger partial charge in [-0.05, 0) is 40.8 Å². The lowest BCUT2D eigenvalue weighted by Crippen LogP contribution is -1.90. The lowest BCUT2D eigenvalue weighted by atomic mass is 10.0. The topological polar surface area (TPSA) is 45.8 Å². The summed E-state index contributed by atoms with van der Waals surface area (Å²) < 4.78 is 0. The molecule has 2 aromatic carbocycles. The number of hydrogen-bond donors (Lipinski definition) is 1. The Kier molecular flexibility index (Phi) is 4.38. The predicted octanol–water partition coefficient (Wildman–Crippen LogP) is 4.49. The van der Waals surface area contributed by atoms with E-state index in [1.807, 2.05) is 12.1 Å². The van der Waals surface area contributed by atoms with Crippen LogP contribution in [0.25, 0.3) is 17.1 Å². The molecule has 0 radical (unpaired) electrons. The molecule has 3 heteroatoms. The second-order valence-corrected chi connectivity index (χ2v) is 6.03. The van der Waals surface area contributed by atoms with Crippen LogP contribution in [0.3, 0.4) is 0 Å². The number of carbonyl (C=O) groups excluding carboxylic acids is 1. The van der Waals surface area contributed by atoms with E-state index in [4.69, 9.17) is 0 Å². The largest absolute Gasteiger partial charge is 0.342 e. The predicted molar refractivity (Wildman–Crippen MR) is 94.5 cm³/mol. The highest BCUT2D eigenvalue weighted by molar-refractivity contribution is 5.76. The lowest BCUT2D eigenvalue weighted by Gasteiger charge is -2.03. The summed E-state index contributed by atoms with van der Waals surface area (Å²) in [5.74, 6) is 1.48. The molecule has 0 spiro atoms. The van der Waals surface area contributed by atoms with Gasteiger partial charge in [-0.25, -0.2) is 4.98 Å². The molecule has 23 heavy (non-hydrogen) atoms. The lowest BCUT2D eigenvalue weighted by molar-refractivity contribution is -0.104. The van der Waals surface area contributed by atoms with Gasteiger partial charge in [-0.3, -0.25) is 4.79 Å². The highest BCUT2D eigenvalue weighted by Gasteiger charge is 2.06. The van der Waals surface area contributed by atoms with Crippen molar-refractivity contribution in [2.75, 3.05) is 0 Å². The smallest absolute Gasteiger partial charge is 0.142 e. The van der Waals surface area contributed by atoms with Gasteiger partial charge in [0.25, 0.3) is 0 Å². The van der Waals surface area contributed by atoms with Crippen molar-refractivity contribution >= 4 is 23.4 Å². The monoisotopic (exact) mass is 304 g/mol. The van der Waals surface area contributed by atoms with E-state index in [0.29, 0.717) is 5.92 Å². The Balaban J connectivity index is 1.80. The first-order chi connectivity index (χ1) is 11.2. The third-order valence-electron chi connectivity index (χ3n) is 3.94. The number of carbonyl (C=O) groups is 1. The van der Waals surface area contributed by atoms with E-state index in [1.54, 1.807) is 6.08 Å². The summed E-state index contributed by atoms with van der Waals surface area (Å²) in [5.41, 5.74) is 5.63. The molecule has 0 amide bonds. The zero-order valence-electron chi connectivity index (χ0n) is 13.4. The SMILES string of the molecule is CC(C)c1ccc2nc(Cc3ccc(/C=C/C=O)cc3)[nH]c2c1. The Bertz CT molecular complexity index is 842. The zero-order valence-corrected chi connectivity index (χ0v) is 13.4. The van der Waals surface area contributed by atoms with Gasteiger partial charge in [-0.15, -0.1) is 0 Å². The van der Waals surface area contributed by atoms with E-state index in [-0.39, 0.29) is 0 Å². The molecule has 0 saturated heterocycles. The molecule has 0 fully saturated rings. The number of aromatic nitrogens is 2. The molecule has 1 heterocycles. The molecule has 1 aromatic heterocycles. The second kappa shape index (κ2) is 6.61. The summed E-state index contributed by atoms with van der Waals surface area (Å²) in [5, 5.41) is 0. The van der Waals surface area contributed by atoms with Crippen LogP contribution >= 0.6 is 0 Å². The van der Waals surface area contributed by atoms with E-state index in [2.05, 4.69) is 54.1 Å². The third-order valence-corrected chi connectivity index (χ3v) is 3.94. The molecular weight excluding hydrogens is 284 g/mol. The van der Waals surface area contributed by atoms with E-state index in [9.17, 15) is 4.79 Å². The minimum Gasteiger partial charge on any atom is -0.342 e. The summed E-state index contributed by atoms with van der Waals surface area (Å²) in [6.07, 6.45) is 4.85. The van der Waals surface area contributed by atoms with Gasteiger partial charge in [0, 0.05) is 6.42 Å². The molecule has 116 valence electrons. The van der Waals surface area contributed by atoms with Crippen LogP contribution in [-0.2, 0) is 11.2 Å². The molecular formula is C20H20N2O. The zero-order chi connectivity index (χ0) is 16.2. The summed E-state index contributed by atoms with van der Waals surface area (Å²) in [6.45, 7) is 4.39. The van der Waals surface area contributed by atoms with Crippen LogP contribution < -0.4 is 0 Å². The molecule has 0 aliphatic carbocycles. The number of nitrogens with one attached hydrogen (secondary N) is 1. The van der Waals surface area contributed by atoms with Crippen LogP contribution in [0.1, 0.15) is 42.3 Å².